The van der Waals surface area contributed by atoms with Crippen molar-refractivity contribution in [2.24, 2.45) is 0 Å². The molecule has 4 heteroatoms. The van der Waals surface area contributed by atoms with Crippen LogP contribution in [0.5, 0.6) is 0 Å². The van der Waals surface area contributed by atoms with Gasteiger partial charge in [-0.25, -0.2) is 4.39 Å². The number of halogens is 2. The first kappa shape index (κ1) is 11.3. The van der Waals surface area contributed by atoms with Crippen LogP contribution in [0.15, 0.2) is 18.2 Å². The van der Waals surface area contributed by atoms with Gasteiger partial charge in [0.25, 0.3) is 0 Å². The summed E-state index contributed by atoms with van der Waals surface area (Å²) in [6, 6.07) is 3.98. The predicted molar refractivity (Wildman–Crippen MR) is 56.2 cm³/mol. The maximum Gasteiger partial charge on any atom is 0.124 e. The van der Waals surface area contributed by atoms with Crippen molar-refractivity contribution < 1.29 is 9.50 Å². The van der Waals surface area contributed by atoms with Crippen LogP contribution in [0.4, 0.5) is 10.1 Å². The smallest absolute Gasteiger partial charge is 0.124 e. The van der Waals surface area contributed by atoms with E-state index < -0.39 is 6.10 Å². The Bertz CT molecular complexity index is 317. The number of hydrogen-bond acceptors (Lipinski definition) is 2. The Labute approximate surface area is 87.7 Å². The molecule has 2 N–H and O–H groups in total. The Balaban J connectivity index is 2.77. The van der Waals surface area contributed by atoms with Gasteiger partial charge in [0, 0.05) is 6.04 Å². The molecule has 1 aromatic carbocycles. The van der Waals surface area contributed by atoms with Crippen LogP contribution in [0.1, 0.15) is 13.8 Å². The van der Waals surface area contributed by atoms with Crippen LogP contribution in [0.2, 0.25) is 5.02 Å². The number of aliphatic hydroxyl groups is 1. The third-order valence-electron chi connectivity index (χ3n) is 2.04. The molecule has 14 heavy (non-hydrogen) atoms. The van der Waals surface area contributed by atoms with Gasteiger partial charge in [0.1, 0.15) is 5.82 Å². The van der Waals surface area contributed by atoms with Crippen LogP contribution < -0.4 is 5.32 Å². The molecule has 0 saturated carbocycles. The Morgan fingerprint density at radius 2 is 2.07 bits per heavy atom. The molecular formula is C10H13ClFNO. The molecule has 78 valence electrons. The molecule has 2 atom stereocenters. The summed E-state index contributed by atoms with van der Waals surface area (Å²) in [5.74, 6) is -0.370. The summed E-state index contributed by atoms with van der Waals surface area (Å²) < 4.78 is 12.7. The van der Waals surface area contributed by atoms with Crippen LogP contribution >= 0.6 is 11.6 Å². The summed E-state index contributed by atoms with van der Waals surface area (Å²) >= 11 is 5.79. The Morgan fingerprint density at radius 3 is 2.57 bits per heavy atom. The molecule has 0 heterocycles. The summed E-state index contributed by atoms with van der Waals surface area (Å²) in [4.78, 5) is 0. The highest BCUT2D eigenvalue weighted by Crippen LogP contribution is 2.23. The third kappa shape index (κ3) is 2.86. The lowest BCUT2D eigenvalue weighted by Crippen LogP contribution is -2.27. The molecule has 1 aromatic rings. The highest BCUT2D eigenvalue weighted by Gasteiger charge is 2.10. The molecule has 0 aliphatic heterocycles. The molecule has 2 unspecified atom stereocenters. The first-order chi connectivity index (χ1) is 6.50. The van der Waals surface area contributed by atoms with Crippen LogP contribution in [0.3, 0.4) is 0 Å². The number of rotatable bonds is 3. The van der Waals surface area contributed by atoms with Gasteiger partial charge in [-0.05, 0) is 32.0 Å². The van der Waals surface area contributed by atoms with Gasteiger partial charge in [0.05, 0.1) is 16.8 Å². The summed E-state index contributed by atoms with van der Waals surface area (Å²) in [5, 5.41) is 12.6. The second-order valence-corrected chi connectivity index (χ2v) is 3.70. The van der Waals surface area contributed by atoms with Gasteiger partial charge >= 0.3 is 0 Å². The zero-order valence-electron chi connectivity index (χ0n) is 8.09. The van der Waals surface area contributed by atoms with Gasteiger partial charge in [0.15, 0.2) is 0 Å². The second-order valence-electron chi connectivity index (χ2n) is 3.30. The van der Waals surface area contributed by atoms with E-state index in [4.69, 9.17) is 11.6 Å². The van der Waals surface area contributed by atoms with Crippen molar-refractivity contribution in [3.63, 3.8) is 0 Å². The molecule has 0 amide bonds. The van der Waals surface area contributed by atoms with Crippen LogP contribution in [0, 0.1) is 5.82 Å². The van der Waals surface area contributed by atoms with E-state index in [1.165, 1.54) is 12.1 Å². The second kappa shape index (κ2) is 4.62. The van der Waals surface area contributed by atoms with E-state index in [-0.39, 0.29) is 11.9 Å². The Morgan fingerprint density at radius 1 is 1.43 bits per heavy atom. The SMILES string of the molecule is CC(O)C(C)Nc1ccc(F)cc1Cl. The number of nitrogens with one attached hydrogen (secondary N) is 1. The highest BCUT2D eigenvalue weighted by molar-refractivity contribution is 6.33. The molecule has 0 aliphatic rings. The van der Waals surface area contributed by atoms with Crippen molar-refractivity contribution >= 4 is 17.3 Å². The highest BCUT2D eigenvalue weighted by atomic mass is 35.5. The predicted octanol–water partition coefficient (Wildman–Crippen LogP) is 2.66. The average Bonchev–Trinajstić information content (AvgIpc) is 2.09. The summed E-state index contributed by atoms with van der Waals surface area (Å²) in [6.07, 6.45) is -0.490. The van der Waals surface area contributed by atoms with Crippen molar-refractivity contribution in [3.05, 3.63) is 29.0 Å². The van der Waals surface area contributed by atoms with Crippen molar-refractivity contribution in [1.29, 1.82) is 0 Å². The zero-order chi connectivity index (χ0) is 10.7. The monoisotopic (exact) mass is 217 g/mol. The van der Waals surface area contributed by atoms with Crippen molar-refractivity contribution in [2.45, 2.75) is 26.0 Å². The lowest BCUT2D eigenvalue weighted by Gasteiger charge is -2.18. The lowest BCUT2D eigenvalue weighted by atomic mass is 10.2. The van der Waals surface area contributed by atoms with Crippen LogP contribution in [-0.2, 0) is 0 Å². The fraction of sp³-hybridized carbons (Fsp3) is 0.400. The van der Waals surface area contributed by atoms with E-state index >= 15 is 0 Å². The Kier molecular flexibility index (Phi) is 3.72. The molecule has 0 aliphatic carbocycles. The quantitative estimate of drug-likeness (QED) is 0.816. The number of aliphatic hydroxyl groups excluding tert-OH is 1. The average molecular weight is 218 g/mol. The van der Waals surface area contributed by atoms with E-state index in [2.05, 4.69) is 5.32 Å². The first-order valence-electron chi connectivity index (χ1n) is 4.40. The first-order valence-corrected chi connectivity index (χ1v) is 4.78. The molecule has 0 radical (unpaired) electrons. The van der Waals surface area contributed by atoms with Gasteiger partial charge in [-0.2, -0.15) is 0 Å². The van der Waals surface area contributed by atoms with Gasteiger partial charge in [-0.15, -0.1) is 0 Å². The maximum absolute atomic E-state index is 12.7. The minimum Gasteiger partial charge on any atom is -0.391 e. The van der Waals surface area contributed by atoms with Crippen LogP contribution in [0.25, 0.3) is 0 Å². The zero-order valence-corrected chi connectivity index (χ0v) is 8.85. The van der Waals surface area contributed by atoms with Crippen molar-refractivity contribution in [3.8, 4) is 0 Å². The molecule has 2 nitrogen and oxygen atoms in total. The summed E-state index contributed by atoms with van der Waals surface area (Å²) in [5.41, 5.74) is 0.626. The van der Waals surface area contributed by atoms with E-state index in [0.29, 0.717) is 10.7 Å². The van der Waals surface area contributed by atoms with Crippen molar-refractivity contribution in [1.82, 2.24) is 0 Å². The fourth-order valence-electron chi connectivity index (χ4n) is 0.972. The molecule has 0 bridgehead atoms. The van der Waals surface area contributed by atoms with Gasteiger partial charge in [-0.1, -0.05) is 11.6 Å². The maximum atomic E-state index is 12.7. The van der Waals surface area contributed by atoms with E-state index in [1.54, 1.807) is 13.0 Å². The molecule has 1 rings (SSSR count). The number of hydrogen-bond donors (Lipinski definition) is 2. The summed E-state index contributed by atoms with van der Waals surface area (Å²) in [7, 11) is 0. The van der Waals surface area contributed by atoms with Crippen molar-refractivity contribution in [2.75, 3.05) is 5.32 Å². The number of anilines is 1. The van der Waals surface area contributed by atoms with E-state index in [9.17, 15) is 9.50 Å². The standard InChI is InChI=1S/C10H13ClFNO/c1-6(7(2)14)13-10-4-3-8(12)5-9(10)11/h3-7,13-14H,1-2H3. The van der Waals surface area contributed by atoms with Gasteiger partial charge < -0.3 is 10.4 Å². The molecular weight excluding hydrogens is 205 g/mol. The molecule has 0 fully saturated rings. The molecule has 0 saturated heterocycles. The normalized spacial score (nSPS) is 14.9. The van der Waals surface area contributed by atoms with Gasteiger partial charge in [-0.3, -0.25) is 0 Å². The fourth-order valence-corrected chi connectivity index (χ4v) is 1.19. The molecule has 0 aromatic heterocycles. The lowest BCUT2D eigenvalue weighted by molar-refractivity contribution is 0.178. The summed E-state index contributed by atoms with van der Waals surface area (Å²) in [6.45, 7) is 3.50. The number of benzene rings is 1. The van der Waals surface area contributed by atoms with E-state index in [1.807, 2.05) is 6.92 Å². The van der Waals surface area contributed by atoms with Crippen LogP contribution in [-0.4, -0.2) is 17.3 Å². The minimum atomic E-state index is -0.490. The topological polar surface area (TPSA) is 32.3 Å². The largest absolute Gasteiger partial charge is 0.391 e. The minimum absolute atomic E-state index is 0.127. The van der Waals surface area contributed by atoms with Gasteiger partial charge in [0.2, 0.25) is 0 Å². The van der Waals surface area contributed by atoms with E-state index in [0.717, 1.165) is 0 Å². The Hall–Kier alpha value is -0.800. The molecule has 0 spiro atoms. The third-order valence-corrected chi connectivity index (χ3v) is 2.35.